The Kier molecular flexibility index (Phi) is 4.47. The van der Waals surface area contributed by atoms with Gasteiger partial charge in [0.25, 0.3) is 0 Å². The van der Waals surface area contributed by atoms with Crippen molar-refractivity contribution in [1.29, 1.82) is 0 Å². The number of rotatable bonds is 5. The molecule has 72 valence electrons. The van der Waals surface area contributed by atoms with Crippen LogP contribution in [0.5, 0.6) is 0 Å². The first-order valence-electron chi connectivity index (χ1n) is 4.90. The highest BCUT2D eigenvalue weighted by atomic mass is 16.1. The number of aldehydes is 1. The van der Waals surface area contributed by atoms with Gasteiger partial charge in [0.15, 0.2) is 0 Å². The molecule has 2 heteroatoms. The predicted molar refractivity (Wildman–Crippen MR) is 54.6 cm³/mol. The summed E-state index contributed by atoms with van der Waals surface area (Å²) in [5.41, 5.74) is 1.38. The molecule has 0 saturated carbocycles. The topological polar surface area (TPSA) is 29.1 Å². The smallest absolute Gasteiger partial charge is 0.137 e. The van der Waals surface area contributed by atoms with Crippen LogP contribution in [0.4, 0.5) is 0 Å². The molecule has 0 aliphatic heterocycles. The Balaban J connectivity index is 2.40. The van der Waals surface area contributed by atoms with Crippen LogP contribution in [-0.4, -0.2) is 18.9 Å². The number of allylic oxidation sites excluding steroid dienone is 3. The Labute approximate surface area is 79.7 Å². The largest absolute Gasteiger partial charge is 0.308 e. The lowest BCUT2D eigenvalue weighted by Gasteiger charge is -2.14. The number of nitrogens with one attached hydrogen (secondary N) is 1. The molecule has 13 heavy (non-hydrogen) atoms. The average Bonchev–Trinajstić information content (AvgIpc) is 2.19. The van der Waals surface area contributed by atoms with Crippen LogP contribution in [0.3, 0.4) is 0 Å². The Morgan fingerprint density at radius 2 is 2.54 bits per heavy atom. The zero-order valence-electron chi connectivity index (χ0n) is 8.12. The first-order chi connectivity index (χ1) is 6.36. The Morgan fingerprint density at radius 3 is 3.08 bits per heavy atom. The highest BCUT2D eigenvalue weighted by Crippen LogP contribution is 2.16. The van der Waals surface area contributed by atoms with Crippen molar-refractivity contribution in [2.24, 2.45) is 0 Å². The second-order valence-electron chi connectivity index (χ2n) is 3.30. The maximum Gasteiger partial charge on any atom is 0.137 e. The zero-order valence-corrected chi connectivity index (χ0v) is 8.12. The fraction of sp³-hybridized carbons (Fsp3) is 0.545. The van der Waals surface area contributed by atoms with Crippen LogP contribution in [-0.2, 0) is 4.79 Å². The molecule has 0 unspecified atom stereocenters. The van der Waals surface area contributed by atoms with Gasteiger partial charge >= 0.3 is 0 Å². The fourth-order valence-electron chi connectivity index (χ4n) is 1.54. The van der Waals surface area contributed by atoms with Crippen LogP contribution in [0, 0.1) is 0 Å². The van der Waals surface area contributed by atoms with E-state index in [0.29, 0.717) is 0 Å². The van der Waals surface area contributed by atoms with E-state index in [-0.39, 0.29) is 6.04 Å². The van der Waals surface area contributed by atoms with Crippen LogP contribution in [0.25, 0.3) is 0 Å². The van der Waals surface area contributed by atoms with E-state index in [0.717, 1.165) is 32.1 Å². The molecule has 0 aromatic carbocycles. The fourth-order valence-corrected chi connectivity index (χ4v) is 1.54. The lowest BCUT2D eigenvalue weighted by molar-refractivity contribution is -0.109. The van der Waals surface area contributed by atoms with E-state index in [9.17, 15) is 4.79 Å². The first-order valence-corrected chi connectivity index (χ1v) is 4.90. The van der Waals surface area contributed by atoms with E-state index in [1.54, 1.807) is 0 Å². The normalized spacial score (nSPS) is 18.1. The van der Waals surface area contributed by atoms with E-state index >= 15 is 0 Å². The van der Waals surface area contributed by atoms with Gasteiger partial charge in [0, 0.05) is 0 Å². The Bertz CT molecular complexity index is 218. The third kappa shape index (κ3) is 3.55. The minimum atomic E-state index is 0.00255. The van der Waals surface area contributed by atoms with Gasteiger partial charge in [-0.05, 0) is 25.8 Å². The molecule has 0 spiro atoms. The lowest BCUT2D eigenvalue weighted by atomic mass is 9.98. The molecule has 0 bridgehead atoms. The van der Waals surface area contributed by atoms with E-state index in [2.05, 4.69) is 23.5 Å². The molecule has 2 nitrogen and oxygen atoms in total. The first kappa shape index (κ1) is 10.2. The van der Waals surface area contributed by atoms with Crippen LogP contribution in [0.2, 0.25) is 0 Å². The van der Waals surface area contributed by atoms with Crippen molar-refractivity contribution in [2.75, 3.05) is 6.54 Å². The molecule has 1 N–H and O–H groups in total. The maximum atomic E-state index is 10.7. The number of carbonyl (C=O) groups excluding carboxylic acids is 1. The molecule has 1 rings (SSSR count). The third-order valence-corrected chi connectivity index (χ3v) is 2.21. The summed E-state index contributed by atoms with van der Waals surface area (Å²) >= 11 is 0. The molecule has 0 radical (unpaired) electrons. The molecule has 1 aliphatic rings. The second kappa shape index (κ2) is 5.70. The number of carbonyl (C=O) groups is 1. The van der Waals surface area contributed by atoms with Gasteiger partial charge in [-0.1, -0.05) is 30.7 Å². The molecule has 0 amide bonds. The van der Waals surface area contributed by atoms with Crippen molar-refractivity contribution < 1.29 is 4.79 Å². The monoisotopic (exact) mass is 179 g/mol. The molecule has 1 aliphatic carbocycles. The molecule has 1 atom stereocenters. The van der Waals surface area contributed by atoms with E-state index < -0.39 is 0 Å². The molecular weight excluding hydrogens is 162 g/mol. The molecule has 0 aromatic heterocycles. The van der Waals surface area contributed by atoms with E-state index in [1.165, 1.54) is 5.57 Å². The lowest BCUT2D eigenvalue weighted by Crippen LogP contribution is -2.30. The second-order valence-corrected chi connectivity index (χ2v) is 3.30. The van der Waals surface area contributed by atoms with Crippen molar-refractivity contribution in [3.63, 3.8) is 0 Å². The minimum absolute atomic E-state index is 0.00255. The number of hydrogen-bond donors (Lipinski definition) is 1. The van der Waals surface area contributed by atoms with Crippen LogP contribution in [0.1, 0.15) is 26.2 Å². The van der Waals surface area contributed by atoms with Crippen molar-refractivity contribution in [1.82, 2.24) is 5.32 Å². The van der Waals surface area contributed by atoms with E-state index in [4.69, 9.17) is 0 Å². The summed E-state index contributed by atoms with van der Waals surface area (Å²) in [6.45, 7) is 2.87. The standard InChI is InChI=1S/C11H17NO/c1-2-12-11(9-13)8-10-6-4-3-5-7-10/h3-4,6,9,11-12H,2,5,7-8H2,1H3/t11-/m1/s1. The highest BCUT2D eigenvalue weighted by molar-refractivity contribution is 5.58. The van der Waals surface area contributed by atoms with Crippen LogP contribution >= 0.6 is 0 Å². The molecule has 0 fully saturated rings. The Morgan fingerprint density at radius 1 is 1.69 bits per heavy atom. The predicted octanol–water partition coefficient (Wildman–Crippen LogP) is 1.83. The third-order valence-electron chi connectivity index (χ3n) is 2.21. The minimum Gasteiger partial charge on any atom is -0.308 e. The average molecular weight is 179 g/mol. The van der Waals surface area contributed by atoms with E-state index in [1.807, 2.05) is 6.92 Å². The molecule has 0 saturated heterocycles. The molecular formula is C11H17NO. The number of likely N-dealkylation sites (N-methyl/N-ethyl adjacent to an activating group) is 1. The van der Waals surface area contributed by atoms with Crippen LogP contribution in [0.15, 0.2) is 23.8 Å². The van der Waals surface area contributed by atoms with Crippen molar-refractivity contribution in [3.05, 3.63) is 23.8 Å². The van der Waals surface area contributed by atoms with Gasteiger partial charge in [0.1, 0.15) is 6.29 Å². The van der Waals surface area contributed by atoms with Crippen LogP contribution < -0.4 is 5.32 Å². The summed E-state index contributed by atoms with van der Waals surface area (Å²) in [6.07, 6.45) is 10.4. The summed E-state index contributed by atoms with van der Waals surface area (Å²) < 4.78 is 0. The zero-order chi connectivity index (χ0) is 9.52. The Hall–Kier alpha value is -0.890. The highest BCUT2D eigenvalue weighted by Gasteiger charge is 2.08. The van der Waals surface area contributed by atoms with Gasteiger partial charge in [-0.3, -0.25) is 0 Å². The summed E-state index contributed by atoms with van der Waals surface area (Å²) in [5, 5.41) is 3.15. The maximum absolute atomic E-state index is 10.7. The van der Waals surface area contributed by atoms with Gasteiger partial charge in [-0.25, -0.2) is 0 Å². The molecule has 0 heterocycles. The molecule has 0 aromatic rings. The SMILES string of the molecule is CCN[C@@H](C=O)CC1=CC=CCC1. The van der Waals surface area contributed by atoms with Crippen molar-refractivity contribution >= 4 is 6.29 Å². The van der Waals surface area contributed by atoms with Gasteiger partial charge in [-0.15, -0.1) is 0 Å². The quantitative estimate of drug-likeness (QED) is 0.652. The summed E-state index contributed by atoms with van der Waals surface area (Å²) in [6, 6.07) is 0.00255. The summed E-state index contributed by atoms with van der Waals surface area (Å²) in [7, 11) is 0. The van der Waals surface area contributed by atoms with Crippen molar-refractivity contribution in [3.8, 4) is 0 Å². The van der Waals surface area contributed by atoms with Gasteiger partial charge < -0.3 is 10.1 Å². The number of hydrogen-bond acceptors (Lipinski definition) is 2. The van der Waals surface area contributed by atoms with Gasteiger partial charge in [0.05, 0.1) is 6.04 Å². The van der Waals surface area contributed by atoms with Crippen molar-refractivity contribution in [2.45, 2.75) is 32.2 Å². The van der Waals surface area contributed by atoms with Gasteiger partial charge in [-0.2, -0.15) is 0 Å². The van der Waals surface area contributed by atoms with Gasteiger partial charge in [0.2, 0.25) is 0 Å². The summed E-state index contributed by atoms with van der Waals surface area (Å²) in [4.78, 5) is 10.7. The summed E-state index contributed by atoms with van der Waals surface area (Å²) in [5.74, 6) is 0.